The molecule has 0 radical (unpaired) electrons. The van der Waals surface area contributed by atoms with E-state index < -0.39 is 17.6 Å². The monoisotopic (exact) mass is 353 g/mol. The van der Waals surface area contributed by atoms with E-state index in [-0.39, 0.29) is 12.2 Å². The Kier molecular flexibility index (Phi) is 4.30. The SMILES string of the molecule is O=C(Cn1nnc(-c2cccs2)n1)Nc1cccc(C(F)(F)F)c1. The summed E-state index contributed by atoms with van der Waals surface area (Å²) in [5.41, 5.74) is -0.785. The first kappa shape index (κ1) is 16.1. The Hall–Kier alpha value is -2.75. The van der Waals surface area contributed by atoms with Gasteiger partial charge < -0.3 is 5.32 Å². The topological polar surface area (TPSA) is 72.7 Å². The molecule has 1 N–H and O–H groups in total. The van der Waals surface area contributed by atoms with Gasteiger partial charge in [-0.1, -0.05) is 12.1 Å². The highest BCUT2D eigenvalue weighted by Gasteiger charge is 2.30. The van der Waals surface area contributed by atoms with E-state index in [1.165, 1.54) is 23.5 Å². The van der Waals surface area contributed by atoms with Crippen molar-refractivity contribution < 1.29 is 18.0 Å². The van der Waals surface area contributed by atoms with Crippen LogP contribution in [0.5, 0.6) is 0 Å². The summed E-state index contributed by atoms with van der Waals surface area (Å²) in [6.07, 6.45) is -4.47. The highest BCUT2D eigenvalue weighted by molar-refractivity contribution is 7.13. The molecule has 0 bridgehead atoms. The van der Waals surface area contributed by atoms with Crippen molar-refractivity contribution >= 4 is 22.9 Å². The van der Waals surface area contributed by atoms with Crippen LogP contribution in [0.25, 0.3) is 10.7 Å². The Bertz CT molecular complexity index is 844. The number of carbonyl (C=O) groups is 1. The van der Waals surface area contributed by atoms with Crippen molar-refractivity contribution in [3.8, 4) is 10.7 Å². The smallest absolute Gasteiger partial charge is 0.324 e. The molecular formula is C14H10F3N5OS. The van der Waals surface area contributed by atoms with Crippen molar-refractivity contribution in [1.82, 2.24) is 20.2 Å². The molecule has 3 rings (SSSR count). The Morgan fingerprint density at radius 1 is 1.25 bits per heavy atom. The van der Waals surface area contributed by atoms with Crippen LogP contribution in [-0.4, -0.2) is 26.1 Å². The number of rotatable bonds is 4. The van der Waals surface area contributed by atoms with Gasteiger partial charge in [-0.3, -0.25) is 4.79 Å². The van der Waals surface area contributed by atoms with Gasteiger partial charge in [-0.15, -0.1) is 21.5 Å². The normalized spacial score (nSPS) is 11.5. The second-order valence-corrected chi connectivity index (χ2v) is 5.70. The number of aromatic nitrogens is 4. The molecule has 2 heterocycles. The number of halogens is 3. The largest absolute Gasteiger partial charge is 0.416 e. The maximum Gasteiger partial charge on any atom is 0.416 e. The van der Waals surface area contributed by atoms with E-state index in [2.05, 4.69) is 20.7 Å². The van der Waals surface area contributed by atoms with Gasteiger partial charge >= 0.3 is 6.18 Å². The van der Waals surface area contributed by atoms with Crippen molar-refractivity contribution in [1.29, 1.82) is 0 Å². The molecule has 0 aliphatic carbocycles. The van der Waals surface area contributed by atoms with Gasteiger partial charge in [0.15, 0.2) is 0 Å². The maximum absolute atomic E-state index is 12.6. The van der Waals surface area contributed by atoms with Gasteiger partial charge in [0.1, 0.15) is 6.54 Å². The highest BCUT2D eigenvalue weighted by Crippen LogP contribution is 2.30. The zero-order valence-corrected chi connectivity index (χ0v) is 12.8. The molecule has 10 heteroatoms. The molecule has 24 heavy (non-hydrogen) atoms. The number of nitrogens with one attached hydrogen (secondary N) is 1. The summed E-state index contributed by atoms with van der Waals surface area (Å²) in [4.78, 5) is 13.8. The molecule has 0 atom stereocenters. The second kappa shape index (κ2) is 6.40. The molecule has 0 unspecified atom stereocenters. The van der Waals surface area contributed by atoms with E-state index in [1.807, 2.05) is 17.5 Å². The first-order valence-electron chi connectivity index (χ1n) is 6.70. The molecule has 0 saturated carbocycles. The zero-order valence-electron chi connectivity index (χ0n) is 12.0. The fourth-order valence-corrected chi connectivity index (χ4v) is 2.56. The number of amides is 1. The number of nitrogens with zero attached hydrogens (tertiary/aromatic N) is 4. The van der Waals surface area contributed by atoms with Gasteiger partial charge in [0.2, 0.25) is 11.7 Å². The average Bonchev–Trinajstić information content (AvgIpc) is 3.17. The molecular weight excluding hydrogens is 343 g/mol. The van der Waals surface area contributed by atoms with Crippen LogP contribution < -0.4 is 5.32 Å². The summed E-state index contributed by atoms with van der Waals surface area (Å²) in [6, 6.07) is 8.04. The third-order valence-electron chi connectivity index (χ3n) is 2.95. The van der Waals surface area contributed by atoms with Crippen molar-refractivity contribution in [2.45, 2.75) is 12.7 Å². The van der Waals surface area contributed by atoms with E-state index in [0.29, 0.717) is 5.82 Å². The second-order valence-electron chi connectivity index (χ2n) is 4.75. The van der Waals surface area contributed by atoms with E-state index in [1.54, 1.807) is 0 Å². The van der Waals surface area contributed by atoms with Crippen LogP contribution in [0.15, 0.2) is 41.8 Å². The number of thiophene rings is 1. The number of benzene rings is 1. The maximum atomic E-state index is 12.6. The molecule has 2 aromatic heterocycles. The van der Waals surface area contributed by atoms with Crippen LogP contribution in [0, 0.1) is 0 Å². The van der Waals surface area contributed by atoms with Crippen LogP contribution in [0.1, 0.15) is 5.56 Å². The Morgan fingerprint density at radius 2 is 2.08 bits per heavy atom. The van der Waals surface area contributed by atoms with Crippen LogP contribution in [0.4, 0.5) is 18.9 Å². The summed E-state index contributed by atoms with van der Waals surface area (Å²) < 4.78 is 37.9. The van der Waals surface area contributed by atoms with Gasteiger partial charge in [-0.2, -0.15) is 18.0 Å². The molecule has 0 aliphatic heterocycles. The van der Waals surface area contributed by atoms with Crippen molar-refractivity contribution in [3.63, 3.8) is 0 Å². The number of hydrogen-bond acceptors (Lipinski definition) is 5. The van der Waals surface area contributed by atoms with Crippen molar-refractivity contribution in [2.75, 3.05) is 5.32 Å². The minimum atomic E-state index is -4.47. The highest BCUT2D eigenvalue weighted by atomic mass is 32.1. The van der Waals surface area contributed by atoms with Crippen LogP contribution in [0.3, 0.4) is 0 Å². The van der Waals surface area contributed by atoms with Crippen LogP contribution >= 0.6 is 11.3 Å². The molecule has 0 saturated heterocycles. The number of alkyl halides is 3. The number of carbonyl (C=O) groups excluding carboxylic acids is 1. The van der Waals surface area contributed by atoms with Crippen LogP contribution in [0.2, 0.25) is 0 Å². The summed E-state index contributed by atoms with van der Waals surface area (Å²) in [5, 5.41) is 15.9. The van der Waals surface area contributed by atoms with E-state index in [0.717, 1.165) is 21.8 Å². The lowest BCUT2D eigenvalue weighted by Gasteiger charge is -2.09. The predicted octanol–water partition coefficient (Wildman–Crippen LogP) is 3.06. The Morgan fingerprint density at radius 3 is 2.79 bits per heavy atom. The lowest BCUT2D eigenvalue weighted by atomic mass is 10.2. The molecule has 6 nitrogen and oxygen atoms in total. The quantitative estimate of drug-likeness (QED) is 0.782. The average molecular weight is 353 g/mol. The zero-order chi connectivity index (χ0) is 17.2. The molecule has 3 aromatic rings. The summed E-state index contributed by atoms with van der Waals surface area (Å²) in [5.74, 6) is -0.165. The fourth-order valence-electron chi connectivity index (χ4n) is 1.92. The first-order valence-corrected chi connectivity index (χ1v) is 7.58. The van der Waals surface area contributed by atoms with Gasteiger partial charge in [0.05, 0.1) is 10.4 Å². The van der Waals surface area contributed by atoms with Crippen molar-refractivity contribution in [3.05, 3.63) is 47.3 Å². The number of hydrogen-bond donors (Lipinski definition) is 1. The van der Waals surface area contributed by atoms with Crippen molar-refractivity contribution in [2.24, 2.45) is 0 Å². The van der Waals surface area contributed by atoms with Gasteiger partial charge in [0.25, 0.3) is 0 Å². The van der Waals surface area contributed by atoms with Gasteiger partial charge in [0, 0.05) is 5.69 Å². The van der Waals surface area contributed by atoms with Gasteiger partial charge in [-0.05, 0) is 34.9 Å². The molecule has 124 valence electrons. The number of anilines is 1. The molecule has 0 spiro atoms. The van der Waals surface area contributed by atoms with Gasteiger partial charge in [-0.25, -0.2) is 0 Å². The third-order valence-corrected chi connectivity index (χ3v) is 3.82. The molecule has 1 aromatic carbocycles. The van der Waals surface area contributed by atoms with Crippen LogP contribution in [-0.2, 0) is 17.5 Å². The standard InChI is InChI=1S/C14H10F3N5OS/c15-14(16,17)9-3-1-4-10(7-9)18-12(23)8-22-20-13(19-21-22)11-5-2-6-24-11/h1-7H,8H2,(H,18,23). The Labute approximate surface area is 137 Å². The third kappa shape index (κ3) is 3.77. The summed E-state index contributed by atoms with van der Waals surface area (Å²) in [6.45, 7) is -0.255. The minimum absolute atomic E-state index is 0.0495. The minimum Gasteiger partial charge on any atom is -0.324 e. The number of tetrazole rings is 1. The van der Waals surface area contributed by atoms with E-state index in [9.17, 15) is 18.0 Å². The molecule has 0 fully saturated rings. The molecule has 0 aliphatic rings. The first-order chi connectivity index (χ1) is 11.4. The van der Waals surface area contributed by atoms with E-state index >= 15 is 0 Å². The lowest BCUT2D eigenvalue weighted by molar-refractivity contribution is -0.137. The van der Waals surface area contributed by atoms with E-state index in [4.69, 9.17) is 0 Å². The fraction of sp³-hybridized carbons (Fsp3) is 0.143. The predicted molar refractivity (Wildman–Crippen MR) is 81.2 cm³/mol. The summed E-state index contributed by atoms with van der Waals surface area (Å²) in [7, 11) is 0. The Balaban J connectivity index is 1.66. The summed E-state index contributed by atoms with van der Waals surface area (Å²) >= 11 is 1.43. The molecule has 1 amide bonds. The lowest BCUT2D eigenvalue weighted by Crippen LogP contribution is -2.20.